The van der Waals surface area contributed by atoms with Crippen LogP contribution in [0.15, 0.2) is 33.5 Å². The lowest BCUT2D eigenvalue weighted by molar-refractivity contribution is 0.144. The molecule has 0 amide bonds. The number of benzene rings is 1. The highest BCUT2D eigenvalue weighted by atomic mass is 16.5. The van der Waals surface area contributed by atoms with Crippen molar-refractivity contribution < 1.29 is 9.15 Å². The Morgan fingerprint density at radius 3 is 2.81 bits per heavy atom. The molecule has 2 heterocycles. The van der Waals surface area contributed by atoms with E-state index in [9.17, 15) is 4.79 Å². The number of ether oxygens (including phenoxy) is 1. The van der Waals surface area contributed by atoms with Gasteiger partial charge in [-0.1, -0.05) is 12.1 Å². The van der Waals surface area contributed by atoms with Gasteiger partial charge >= 0.3 is 0 Å². The molecular weight excluding hydrogens is 204 g/mol. The van der Waals surface area contributed by atoms with Crippen molar-refractivity contribution >= 4 is 11.0 Å². The fourth-order valence-corrected chi connectivity index (χ4v) is 2.12. The van der Waals surface area contributed by atoms with Gasteiger partial charge in [-0.3, -0.25) is 4.79 Å². The summed E-state index contributed by atoms with van der Waals surface area (Å²) in [6, 6.07) is 7.39. The highest BCUT2D eigenvalue weighted by Crippen LogP contribution is 2.18. The molecule has 0 N–H and O–H groups in total. The van der Waals surface area contributed by atoms with Crippen molar-refractivity contribution in [3.05, 3.63) is 45.8 Å². The Balaban J connectivity index is 2.34. The van der Waals surface area contributed by atoms with Gasteiger partial charge in [0.15, 0.2) is 5.43 Å². The molecule has 16 heavy (non-hydrogen) atoms. The summed E-state index contributed by atoms with van der Waals surface area (Å²) >= 11 is 0. The van der Waals surface area contributed by atoms with E-state index in [4.69, 9.17) is 9.15 Å². The Morgan fingerprint density at radius 2 is 1.88 bits per heavy atom. The summed E-state index contributed by atoms with van der Waals surface area (Å²) < 4.78 is 11.1. The first-order valence-corrected chi connectivity index (χ1v) is 5.47. The first-order valence-electron chi connectivity index (χ1n) is 5.47. The molecule has 0 radical (unpaired) electrons. The molecule has 0 spiro atoms. The summed E-state index contributed by atoms with van der Waals surface area (Å²) in [5.41, 5.74) is 1.56. The molecule has 3 nitrogen and oxygen atoms in total. The predicted molar refractivity (Wildman–Crippen MR) is 60.7 cm³/mol. The van der Waals surface area contributed by atoms with E-state index in [0.717, 1.165) is 11.3 Å². The highest BCUT2D eigenvalue weighted by molar-refractivity contribution is 5.77. The average Bonchev–Trinajstić information content (AvgIpc) is 2.55. The summed E-state index contributed by atoms with van der Waals surface area (Å²) in [6.07, 6.45) is 1.35. The third kappa shape index (κ3) is 1.44. The van der Waals surface area contributed by atoms with Gasteiger partial charge in [-0.2, -0.15) is 0 Å². The molecule has 1 aliphatic heterocycles. The molecule has 3 rings (SSSR count). The fourth-order valence-electron chi connectivity index (χ4n) is 2.12. The molecule has 82 valence electrons. The van der Waals surface area contributed by atoms with Crippen molar-refractivity contribution in [1.29, 1.82) is 0 Å². The van der Waals surface area contributed by atoms with Crippen molar-refractivity contribution in [2.24, 2.45) is 0 Å². The van der Waals surface area contributed by atoms with Crippen molar-refractivity contribution in [2.45, 2.75) is 12.8 Å². The van der Waals surface area contributed by atoms with Gasteiger partial charge < -0.3 is 9.15 Å². The van der Waals surface area contributed by atoms with Crippen LogP contribution in [0.3, 0.4) is 0 Å². The molecule has 1 aromatic carbocycles. The molecule has 0 unspecified atom stereocenters. The van der Waals surface area contributed by atoms with E-state index in [1.165, 1.54) is 0 Å². The molecule has 0 saturated heterocycles. The van der Waals surface area contributed by atoms with Crippen LogP contribution in [0.4, 0.5) is 0 Å². The van der Waals surface area contributed by atoms with E-state index >= 15 is 0 Å². The van der Waals surface area contributed by atoms with Gasteiger partial charge in [-0.15, -0.1) is 0 Å². The molecule has 2 aromatic rings. The Hall–Kier alpha value is -1.61. The van der Waals surface area contributed by atoms with Crippen LogP contribution in [-0.2, 0) is 17.6 Å². The third-order valence-electron chi connectivity index (χ3n) is 2.95. The maximum absolute atomic E-state index is 12.2. The first-order chi connectivity index (χ1) is 7.86. The minimum atomic E-state index is 0.0994. The normalized spacial score (nSPS) is 15.8. The van der Waals surface area contributed by atoms with Gasteiger partial charge in [0.25, 0.3) is 0 Å². The lowest BCUT2D eigenvalue weighted by atomic mass is 10.1. The first kappa shape index (κ1) is 9.60. The topological polar surface area (TPSA) is 39.4 Å². The van der Waals surface area contributed by atoms with Gasteiger partial charge in [0.2, 0.25) is 0 Å². The molecule has 1 aliphatic rings. The van der Waals surface area contributed by atoms with Crippen LogP contribution in [0.25, 0.3) is 11.0 Å². The van der Waals surface area contributed by atoms with Gasteiger partial charge in [0, 0.05) is 18.4 Å². The van der Waals surface area contributed by atoms with Crippen molar-refractivity contribution in [3.8, 4) is 0 Å². The summed E-state index contributed by atoms with van der Waals surface area (Å²) in [6.45, 7) is 1.24. The van der Waals surface area contributed by atoms with E-state index < -0.39 is 0 Å². The van der Waals surface area contributed by atoms with Crippen molar-refractivity contribution in [1.82, 2.24) is 0 Å². The van der Waals surface area contributed by atoms with Crippen LogP contribution in [0, 0.1) is 0 Å². The number of para-hydroxylation sites is 1. The standard InChI is InChI=1S/C13H12O3/c14-13-9-3-1-2-4-11(9)16-12-6-8-15-7-5-10(12)13/h1-4H,5-8H2. The monoisotopic (exact) mass is 216 g/mol. The molecule has 0 fully saturated rings. The zero-order chi connectivity index (χ0) is 11.0. The van der Waals surface area contributed by atoms with E-state index in [1.54, 1.807) is 0 Å². The minimum Gasteiger partial charge on any atom is -0.460 e. The molecule has 0 aliphatic carbocycles. The minimum absolute atomic E-state index is 0.0994. The van der Waals surface area contributed by atoms with Crippen molar-refractivity contribution in [3.63, 3.8) is 0 Å². The molecule has 1 aromatic heterocycles. The Kier molecular flexibility index (Phi) is 2.26. The quantitative estimate of drug-likeness (QED) is 0.675. The van der Waals surface area contributed by atoms with E-state index in [1.807, 2.05) is 24.3 Å². The van der Waals surface area contributed by atoms with E-state index in [0.29, 0.717) is 37.0 Å². The van der Waals surface area contributed by atoms with Crippen LogP contribution < -0.4 is 5.43 Å². The number of rotatable bonds is 0. The predicted octanol–water partition coefficient (Wildman–Crippen LogP) is 1.91. The summed E-state index contributed by atoms with van der Waals surface area (Å²) in [4.78, 5) is 12.2. The maximum atomic E-state index is 12.2. The van der Waals surface area contributed by atoms with Gasteiger partial charge in [0.05, 0.1) is 18.6 Å². The average molecular weight is 216 g/mol. The molecule has 0 atom stereocenters. The van der Waals surface area contributed by atoms with Crippen molar-refractivity contribution in [2.75, 3.05) is 13.2 Å². The zero-order valence-corrected chi connectivity index (χ0v) is 8.86. The lowest BCUT2D eigenvalue weighted by Crippen LogP contribution is -2.12. The van der Waals surface area contributed by atoms with E-state index in [2.05, 4.69) is 0 Å². The van der Waals surface area contributed by atoms with Crippen LogP contribution in [0.2, 0.25) is 0 Å². The maximum Gasteiger partial charge on any atom is 0.196 e. The molecule has 0 bridgehead atoms. The largest absolute Gasteiger partial charge is 0.460 e. The highest BCUT2D eigenvalue weighted by Gasteiger charge is 2.16. The van der Waals surface area contributed by atoms with Gasteiger partial charge in [-0.25, -0.2) is 0 Å². The summed E-state index contributed by atoms with van der Waals surface area (Å²) in [5.74, 6) is 0.793. The van der Waals surface area contributed by atoms with Crippen LogP contribution in [-0.4, -0.2) is 13.2 Å². The Bertz CT molecular complexity index is 583. The van der Waals surface area contributed by atoms with Crippen LogP contribution in [0.1, 0.15) is 11.3 Å². The van der Waals surface area contributed by atoms with Crippen LogP contribution >= 0.6 is 0 Å². The van der Waals surface area contributed by atoms with Gasteiger partial charge in [-0.05, 0) is 12.1 Å². The Labute approximate surface area is 92.6 Å². The third-order valence-corrected chi connectivity index (χ3v) is 2.95. The number of fused-ring (bicyclic) bond motifs is 2. The smallest absolute Gasteiger partial charge is 0.196 e. The zero-order valence-electron chi connectivity index (χ0n) is 8.86. The molecule has 3 heteroatoms. The fraction of sp³-hybridized carbons (Fsp3) is 0.308. The Morgan fingerprint density at radius 1 is 1.06 bits per heavy atom. The molecule has 0 saturated carbocycles. The number of hydrogen-bond donors (Lipinski definition) is 0. The summed E-state index contributed by atoms with van der Waals surface area (Å²) in [5, 5.41) is 0.670. The van der Waals surface area contributed by atoms with E-state index in [-0.39, 0.29) is 5.43 Å². The van der Waals surface area contributed by atoms with Crippen LogP contribution in [0.5, 0.6) is 0 Å². The SMILES string of the molecule is O=c1c2c(oc3ccccc13)CCOCC2. The second kappa shape index (κ2) is 3.76. The second-order valence-corrected chi connectivity index (χ2v) is 3.94. The lowest BCUT2D eigenvalue weighted by Gasteiger charge is -2.05. The summed E-state index contributed by atoms with van der Waals surface area (Å²) in [7, 11) is 0. The van der Waals surface area contributed by atoms with Gasteiger partial charge in [0.1, 0.15) is 11.3 Å². The second-order valence-electron chi connectivity index (χ2n) is 3.94. The molecular formula is C13H12O3. The number of hydrogen-bond acceptors (Lipinski definition) is 3.